The van der Waals surface area contributed by atoms with Gasteiger partial charge in [0, 0.05) is 18.0 Å². The molecule has 4 rings (SSSR count). The number of nitrogens with one attached hydrogen (secondary N) is 1. The molecule has 90 valence electrons. The van der Waals surface area contributed by atoms with Crippen LogP contribution in [0.1, 0.15) is 29.2 Å². The van der Waals surface area contributed by atoms with Crippen LogP contribution in [-0.2, 0) is 6.42 Å². The summed E-state index contributed by atoms with van der Waals surface area (Å²) in [5.41, 5.74) is 4.16. The summed E-state index contributed by atoms with van der Waals surface area (Å²) in [4.78, 5) is 10.2. The summed E-state index contributed by atoms with van der Waals surface area (Å²) in [5.74, 6) is 1.21. The second kappa shape index (κ2) is 3.73. The zero-order valence-electron chi connectivity index (χ0n) is 10.1. The van der Waals surface area contributed by atoms with Gasteiger partial charge in [0.25, 0.3) is 0 Å². The highest BCUT2D eigenvalue weighted by Crippen LogP contribution is 2.39. The summed E-state index contributed by atoms with van der Waals surface area (Å²) in [5, 5.41) is 0. The number of fused-ring (bicyclic) bond motifs is 2. The molecule has 3 heteroatoms. The standard InChI is InChI=1S/C15H15N3/c1-2-4-13-11(3-1)5-6-14(13)18-10-16-9-12-7-8-17-15(12)18/h1-4,7-9,14,17H,5-6,10H2/t14-/m0/s1. The van der Waals surface area contributed by atoms with Gasteiger partial charge in [0.2, 0.25) is 0 Å². The van der Waals surface area contributed by atoms with Gasteiger partial charge in [-0.25, -0.2) is 0 Å². The minimum absolute atomic E-state index is 0.469. The summed E-state index contributed by atoms with van der Waals surface area (Å²) in [6, 6.07) is 11.3. The predicted molar refractivity (Wildman–Crippen MR) is 73.2 cm³/mol. The Morgan fingerprint density at radius 1 is 1.22 bits per heavy atom. The summed E-state index contributed by atoms with van der Waals surface area (Å²) < 4.78 is 0. The zero-order chi connectivity index (χ0) is 11.9. The van der Waals surface area contributed by atoms with Crippen LogP contribution < -0.4 is 4.90 Å². The Morgan fingerprint density at radius 2 is 2.17 bits per heavy atom. The van der Waals surface area contributed by atoms with Crippen LogP contribution in [0.15, 0.2) is 41.5 Å². The Bertz CT molecular complexity index is 612. The topological polar surface area (TPSA) is 31.4 Å². The summed E-state index contributed by atoms with van der Waals surface area (Å²) in [7, 11) is 0. The Balaban J connectivity index is 1.76. The van der Waals surface area contributed by atoms with Gasteiger partial charge in [-0.3, -0.25) is 4.99 Å². The van der Waals surface area contributed by atoms with E-state index in [1.807, 2.05) is 12.4 Å². The largest absolute Gasteiger partial charge is 0.348 e. The minimum Gasteiger partial charge on any atom is -0.348 e. The summed E-state index contributed by atoms with van der Waals surface area (Å²) in [6.07, 6.45) is 6.32. The van der Waals surface area contributed by atoms with Crippen LogP contribution in [0, 0.1) is 0 Å². The lowest BCUT2D eigenvalue weighted by Crippen LogP contribution is -2.30. The number of rotatable bonds is 1. The smallest absolute Gasteiger partial charge is 0.116 e. The van der Waals surface area contributed by atoms with Crippen molar-refractivity contribution in [2.75, 3.05) is 11.6 Å². The molecule has 1 aliphatic heterocycles. The van der Waals surface area contributed by atoms with Gasteiger partial charge in [0.15, 0.2) is 0 Å². The first kappa shape index (κ1) is 9.95. The zero-order valence-corrected chi connectivity index (χ0v) is 10.1. The first-order chi connectivity index (χ1) is 8.93. The molecular weight excluding hydrogens is 222 g/mol. The average molecular weight is 237 g/mol. The molecule has 2 aromatic rings. The molecule has 0 amide bonds. The van der Waals surface area contributed by atoms with E-state index in [4.69, 9.17) is 0 Å². The van der Waals surface area contributed by atoms with Crippen molar-refractivity contribution in [3.05, 3.63) is 53.2 Å². The quantitative estimate of drug-likeness (QED) is 0.812. The molecule has 0 saturated heterocycles. The molecule has 1 aromatic heterocycles. The lowest BCUT2D eigenvalue weighted by Gasteiger charge is -2.31. The van der Waals surface area contributed by atoms with Gasteiger partial charge in [0.05, 0.1) is 6.04 Å². The highest BCUT2D eigenvalue weighted by atomic mass is 15.3. The van der Waals surface area contributed by atoms with Crippen molar-refractivity contribution < 1.29 is 0 Å². The fourth-order valence-corrected chi connectivity index (χ4v) is 3.14. The Hall–Kier alpha value is -2.03. The second-order valence-electron chi connectivity index (χ2n) is 4.96. The molecular formula is C15H15N3. The first-order valence-electron chi connectivity index (χ1n) is 6.45. The summed E-state index contributed by atoms with van der Waals surface area (Å²) >= 11 is 0. The lowest BCUT2D eigenvalue weighted by atomic mass is 10.1. The first-order valence-corrected chi connectivity index (χ1v) is 6.45. The number of benzene rings is 1. The van der Waals surface area contributed by atoms with Crippen LogP contribution in [-0.4, -0.2) is 17.9 Å². The van der Waals surface area contributed by atoms with E-state index in [9.17, 15) is 0 Å². The maximum atomic E-state index is 4.47. The van der Waals surface area contributed by atoms with Gasteiger partial charge >= 0.3 is 0 Å². The van der Waals surface area contributed by atoms with Crippen LogP contribution in [0.25, 0.3) is 0 Å². The molecule has 1 aromatic carbocycles. The van der Waals surface area contributed by atoms with Crippen LogP contribution in [0.4, 0.5) is 5.82 Å². The summed E-state index contributed by atoms with van der Waals surface area (Å²) in [6.45, 7) is 0.756. The number of nitrogens with zero attached hydrogens (tertiary/aromatic N) is 2. The molecule has 1 atom stereocenters. The van der Waals surface area contributed by atoms with Crippen molar-refractivity contribution in [3.63, 3.8) is 0 Å². The van der Waals surface area contributed by atoms with Crippen LogP contribution in [0.3, 0.4) is 0 Å². The van der Waals surface area contributed by atoms with E-state index >= 15 is 0 Å². The van der Waals surface area contributed by atoms with Crippen LogP contribution in [0.2, 0.25) is 0 Å². The highest BCUT2D eigenvalue weighted by Gasteiger charge is 2.30. The number of anilines is 1. The van der Waals surface area contributed by atoms with Gasteiger partial charge < -0.3 is 9.88 Å². The maximum absolute atomic E-state index is 4.47. The van der Waals surface area contributed by atoms with Gasteiger partial charge in [-0.2, -0.15) is 0 Å². The van der Waals surface area contributed by atoms with Gasteiger partial charge in [-0.05, 0) is 30.0 Å². The molecule has 0 radical (unpaired) electrons. The van der Waals surface area contributed by atoms with E-state index in [0.29, 0.717) is 6.04 Å². The van der Waals surface area contributed by atoms with Crippen molar-refractivity contribution in [1.82, 2.24) is 4.98 Å². The van der Waals surface area contributed by atoms with Gasteiger partial charge in [0.1, 0.15) is 12.5 Å². The third-order valence-corrected chi connectivity index (χ3v) is 3.99. The molecule has 0 spiro atoms. The number of aromatic nitrogens is 1. The second-order valence-corrected chi connectivity index (χ2v) is 4.96. The normalized spacial score (nSPS) is 20.9. The Morgan fingerprint density at radius 3 is 3.17 bits per heavy atom. The van der Waals surface area contributed by atoms with Crippen molar-refractivity contribution in [2.24, 2.45) is 4.99 Å². The fourth-order valence-electron chi connectivity index (χ4n) is 3.14. The van der Waals surface area contributed by atoms with Crippen molar-refractivity contribution in [1.29, 1.82) is 0 Å². The molecule has 2 aliphatic rings. The van der Waals surface area contributed by atoms with Gasteiger partial charge in [-0.1, -0.05) is 24.3 Å². The van der Waals surface area contributed by atoms with Crippen molar-refractivity contribution in [2.45, 2.75) is 18.9 Å². The number of hydrogen-bond donors (Lipinski definition) is 1. The molecule has 3 nitrogen and oxygen atoms in total. The number of aliphatic imine (C=N–C) groups is 1. The number of H-pyrrole nitrogens is 1. The SMILES string of the molecule is C1=NCN([C@H]2CCc3ccccc32)c2[nH]ccc21. The van der Waals surface area contributed by atoms with E-state index in [1.54, 1.807) is 0 Å². The molecule has 0 bridgehead atoms. The van der Waals surface area contributed by atoms with E-state index < -0.39 is 0 Å². The lowest BCUT2D eigenvalue weighted by molar-refractivity contribution is 0.613. The number of hydrogen-bond acceptors (Lipinski definition) is 2. The third kappa shape index (κ3) is 1.33. The number of aromatic amines is 1. The maximum Gasteiger partial charge on any atom is 0.116 e. The predicted octanol–water partition coefficient (Wildman–Crippen LogP) is 2.90. The minimum atomic E-state index is 0.469. The van der Waals surface area contributed by atoms with E-state index in [0.717, 1.165) is 6.67 Å². The Labute approximate surface area is 106 Å². The molecule has 2 heterocycles. The monoisotopic (exact) mass is 237 g/mol. The van der Waals surface area contributed by atoms with E-state index in [2.05, 4.69) is 45.2 Å². The fraction of sp³-hybridized carbons (Fsp3) is 0.267. The third-order valence-electron chi connectivity index (χ3n) is 3.99. The van der Waals surface area contributed by atoms with E-state index in [1.165, 1.54) is 35.3 Å². The van der Waals surface area contributed by atoms with Crippen LogP contribution >= 0.6 is 0 Å². The molecule has 1 aliphatic carbocycles. The molecule has 0 fully saturated rings. The Kier molecular flexibility index (Phi) is 2.06. The van der Waals surface area contributed by atoms with Gasteiger partial charge in [-0.15, -0.1) is 0 Å². The molecule has 0 saturated carbocycles. The molecule has 0 unspecified atom stereocenters. The van der Waals surface area contributed by atoms with E-state index in [-0.39, 0.29) is 0 Å². The highest BCUT2D eigenvalue weighted by molar-refractivity contribution is 5.88. The number of aryl methyl sites for hydroxylation is 1. The van der Waals surface area contributed by atoms with Crippen LogP contribution in [0.5, 0.6) is 0 Å². The molecule has 18 heavy (non-hydrogen) atoms. The molecule has 1 N–H and O–H groups in total. The van der Waals surface area contributed by atoms with Crippen molar-refractivity contribution in [3.8, 4) is 0 Å². The average Bonchev–Trinajstić information content (AvgIpc) is 3.05. The van der Waals surface area contributed by atoms with Crippen molar-refractivity contribution >= 4 is 12.0 Å².